The second kappa shape index (κ2) is 5.56. The fraction of sp³-hybridized carbons (Fsp3) is 0.333. The molecule has 0 saturated heterocycles. The zero-order valence-electron chi connectivity index (χ0n) is 13.2. The molecule has 0 radical (unpaired) electrons. The van der Waals surface area contributed by atoms with Gasteiger partial charge < -0.3 is 9.80 Å². The van der Waals surface area contributed by atoms with Crippen LogP contribution in [0.3, 0.4) is 0 Å². The van der Waals surface area contributed by atoms with Crippen molar-refractivity contribution in [1.29, 1.82) is 0 Å². The lowest BCUT2D eigenvalue weighted by atomic mass is 10.2. The fourth-order valence-electron chi connectivity index (χ4n) is 3.00. The number of anilines is 2. The van der Waals surface area contributed by atoms with E-state index in [1.54, 1.807) is 0 Å². The van der Waals surface area contributed by atoms with Gasteiger partial charge in [0.2, 0.25) is 0 Å². The molecule has 0 bridgehead atoms. The lowest BCUT2D eigenvalue weighted by Gasteiger charge is -2.27. The molecule has 1 aliphatic rings. The number of rotatable bonds is 4. The number of hydrogen-bond acceptors (Lipinski definition) is 2. The van der Waals surface area contributed by atoms with E-state index in [-0.39, 0.29) is 0 Å². The Bertz CT molecular complexity index is 604. The quantitative estimate of drug-likeness (QED) is 0.774. The van der Waals surface area contributed by atoms with Gasteiger partial charge in [-0.3, -0.25) is 0 Å². The summed E-state index contributed by atoms with van der Waals surface area (Å²) in [5.41, 5.74) is 4.15. The summed E-state index contributed by atoms with van der Waals surface area (Å²) in [5, 5.41) is 0. The van der Waals surface area contributed by atoms with Crippen LogP contribution in [0.2, 0.25) is 19.6 Å². The maximum absolute atomic E-state index is 2.56. The zero-order valence-corrected chi connectivity index (χ0v) is 14.2. The van der Waals surface area contributed by atoms with Crippen molar-refractivity contribution in [2.45, 2.75) is 26.2 Å². The van der Waals surface area contributed by atoms with Crippen LogP contribution in [0, 0.1) is 0 Å². The summed E-state index contributed by atoms with van der Waals surface area (Å²) >= 11 is 0. The van der Waals surface area contributed by atoms with Crippen LogP contribution >= 0.6 is 0 Å². The standard InChI is InChI=1S/C18H24N2Si/c1-21(2,3)15-20-14-19(13-16-9-5-4-6-10-16)17-11-7-8-12-18(17)20/h4-12H,13-15H2,1-3H3. The van der Waals surface area contributed by atoms with Crippen LogP contribution in [0.15, 0.2) is 54.6 Å². The molecule has 0 atom stereocenters. The third-order valence-corrected chi connectivity index (χ3v) is 5.12. The molecule has 0 saturated carbocycles. The van der Waals surface area contributed by atoms with Gasteiger partial charge in [0.05, 0.1) is 26.1 Å². The first kappa shape index (κ1) is 14.2. The first-order valence-electron chi connectivity index (χ1n) is 7.66. The minimum atomic E-state index is -1.11. The molecule has 0 unspecified atom stereocenters. The van der Waals surface area contributed by atoms with E-state index in [4.69, 9.17) is 0 Å². The van der Waals surface area contributed by atoms with Crippen molar-refractivity contribution >= 4 is 19.4 Å². The molecule has 21 heavy (non-hydrogen) atoms. The second-order valence-corrected chi connectivity index (χ2v) is 12.5. The number of hydrogen-bond donors (Lipinski definition) is 0. The smallest absolute Gasteiger partial charge is 0.0904 e. The van der Waals surface area contributed by atoms with Gasteiger partial charge in [0.15, 0.2) is 0 Å². The average molecular weight is 296 g/mol. The summed E-state index contributed by atoms with van der Waals surface area (Å²) in [5.74, 6) is 0. The molecule has 0 amide bonds. The molecule has 0 fully saturated rings. The molecule has 1 heterocycles. The Kier molecular flexibility index (Phi) is 3.76. The summed E-state index contributed by atoms with van der Waals surface area (Å²) in [6.45, 7) is 9.32. The van der Waals surface area contributed by atoms with Gasteiger partial charge in [-0.2, -0.15) is 0 Å². The monoisotopic (exact) mass is 296 g/mol. The van der Waals surface area contributed by atoms with E-state index in [9.17, 15) is 0 Å². The lowest BCUT2D eigenvalue weighted by Crippen LogP contribution is -2.42. The van der Waals surface area contributed by atoms with Crippen molar-refractivity contribution in [2.24, 2.45) is 0 Å². The van der Waals surface area contributed by atoms with E-state index in [1.165, 1.54) is 23.1 Å². The molecule has 2 aromatic carbocycles. The van der Waals surface area contributed by atoms with Crippen LogP contribution in [0.4, 0.5) is 11.4 Å². The van der Waals surface area contributed by atoms with Gasteiger partial charge in [-0.1, -0.05) is 62.1 Å². The molecule has 0 aliphatic carbocycles. The number of para-hydroxylation sites is 2. The minimum absolute atomic E-state index is 0.986. The molecular weight excluding hydrogens is 272 g/mol. The summed E-state index contributed by atoms with van der Waals surface area (Å²) in [6, 6.07) is 19.6. The van der Waals surface area contributed by atoms with E-state index in [0.717, 1.165) is 13.2 Å². The van der Waals surface area contributed by atoms with Gasteiger partial charge in [0, 0.05) is 12.7 Å². The van der Waals surface area contributed by atoms with Crippen molar-refractivity contribution in [1.82, 2.24) is 0 Å². The highest BCUT2D eigenvalue weighted by molar-refractivity contribution is 6.76. The van der Waals surface area contributed by atoms with Gasteiger partial charge >= 0.3 is 0 Å². The number of nitrogens with zero attached hydrogens (tertiary/aromatic N) is 2. The van der Waals surface area contributed by atoms with Crippen molar-refractivity contribution in [3.8, 4) is 0 Å². The molecule has 3 heteroatoms. The zero-order chi connectivity index (χ0) is 14.9. The fourth-order valence-corrected chi connectivity index (χ4v) is 4.42. The molecule has 1 aliphatic heterocycles. The Morgan fingerprint density at radius 1 is 0.810 bits per heavy atom. The minimum Gasteiger partial charge on any atom is -0.355 e. The van der Waals surface area contributed by atoms with E-state index in [1.807, 2.05) is 0 Å². The van der Waals surface area contributed by atoms with Gasteiger partial charge in [-0.15, -0.1) is 0 Å². The third kappa shape index (κ3) is 3.30. The molecule has 2 aromatic rings. The van der Waals surface area contributed by atoms with Gasteiger partial charge in [-0.05, 0) is 17.7 Å². The highest BCUT2D eigenvalue weighted by Crippen LogP contribution is 2.37. The Hall–Kier alpha value is -1.74. The maximum atomic E-state index is 2.56. The predicted octanol–water partition coefficient (Wildman–Crippen LogP) is 4.35. The topological polar surface area (TPSA) is 6.48 Å². The highest BCUT2D eigenvalue weighted by atomic mass is 28.3. The van der Waals surface area contributed by atoms with Crippen LogP contribution < -0.4 is 9.80 Å². The Balaban J connectivity index is 1.84. The van der Waals surface area contributed by atoms with Crippen molar-refractivity contribution in [3.63, 3.8) is 0 Å². The van der Waals surface area contributed by atoms with E-state index in [2.05, 4.69) is 84.0 Å². The second-order valence-electron chi connectivity index (χ2n) is 7.07. The van der Waals surface area contributed by atoms with E-state index < -0.39 is 8.07 Å². The van der Waals surface area contributed by atoms with E-state index in [0.29, 0.717) is 0 Å². The molecule has 2 nitrogen and oxygen atoms in total. The van der Waals surface area contributed by atoms with Gasteiger partial charge in [-0.25, -0.2) is 0 Å². The predicted molar refractivity (Wildman–Crippen MR) is 94.6 cm³/mol. The Labute approximate surface area is 129 Å². The summed E-state index contributed by atoms with van der Waals surface area (Å²) in [6.07, 6.45) is 1.22. The number of fused-ring (bicyclic) bond motifs is 1. The van der Waals surface area contributed by atoms with Crippen molar-refractivity contribution < 1.29 is 0 Å². The van der Waals surface area contributed by atoms with Crippen LogP contribution in [0.25, 0.3) is 0 Å². The molecule has 0 N–H and O–H groups in total. The van der Waals surface area contributed by atoms with Crippen LogP contribution in [-0.2, 0) is 6.54 Å². The average Bonchev–Trinajstić information content (AvgIpc) is 2.77. The molecule has 110 valence electrons. The summed E-state index contributed by atoms with van der Waals surface area (Å²) in [7, 11) is -1.11. The maximum Gasteiger partial charge on any atom is 0.0904 e. The van der Waals surface area contributed by atoms with Crippen LogP contribution in [-0.4, -0.2) is 20.9 Å². The molecule has 0 aromatic heterocycles. The largest absolute Gasteiger partial charge is 0.355 e. The molecule has 0 spiro atoms. The highest BCUT2D eigenvalue weighted by Gasteiger charge is 2.28. The third-order valence-electron chi connectivity index (χ3n) is 3.79. The lowest BCUT2D eigenvalue weighted by molar-refractivity contribution is 0.803. The SMILES string of the molecule is C[Si](C)(C)CN1CN(Cc2ccccc2)c2ccccc21. The van der Waals surface area contributed by atoms with Gasteiger partial charge in [0.1, 0.15) is 0 Å². The Morgan fingerprint density at radius 2 is 1.38 bits per heavy atom. The summed E-state index contributed by atoms with van der Waals surface area (Å²) < 4.78 is 0. The Morgan fingerprint density at radius 3 is 2.00 bits per heavy atom. The van der Waals surface area contributed by atoms with E-state index >= 15 is 0 Å². The normalized spacial score (nSPS) is 14.4. The molecule has 3 rings (SSSR count). The van der Waals surface area contributed by atoms with Crippen LogP contribution in [0.5, 0.6) is 0 Å². The molecular formula is C18H24N2Si. The first-order valence-corrected chi connectivity index (χ1v) is 11.4. The summed E-state index contributed by atoms with van der Waals surface area (Å²) in [4.78, 5) is 5.05. The van der Waals surface area contributed by atoms with Crippen molar-refractivity contribution in [3.05, 3.63) is 60.2 Å². The van der Waals surface area contributed by atoms with Gasteiger partial charge in [0.25, 0.3) is 0 Å². The van der Waals surface area contributed by atoms with Crippen molar-refractivity contribution in [2.75, 3.05) is 22.6 Å². The van der Waals surface area contributed by atoms with Crippen LogP contribution in [0.1, 0.15) is 5.56 Å². The number of benzene rings is 2. The first-order chi connectivity index (χ1) is 10.0.